The predicted molar refractivity (Wildman–Crippen MR) is 87.2 cm³/mol. The van der Waals surface area contributed by atoms with Gasteiger partial charge in [0.25, 0.3) is 0 Å². The van der Waals surface area contributed by atoms with Gasteiger partial charge in [-0.25, -0.2) is 4.68 Å². The monoisotopic (exact) mass is 310 g/mol. The second-order valence-electron chi connectivity index (χ2n) is 5.31. The second-order valence-corrected chi connectivity index (χ2v) is 5.71. The molecule has 2 aromatic heterocycles. The van der Waals surface area contributed by atoms with Crippen LogP contribution in [0.15, 0.2) is 48.8 Å². The van der Waals surface area contributed by atoms with E-state index in [2.05, 4.69) is 10.3 Å². The first-order valence-corrected chi connectivity index (χ1v) is 7.69. The van der Waals surface area contributed by atoms with E-state index in [9.17, 15) is 0 Å². The molecule has 0 bridgehead atoms. The molecule has 0 spiro atoms. The fraction of sp³-hybridized carbons (Fsp3) is 0.176. The van der Waals surface area contributed by atoms with Gasteiger partial charge in [0.2, 0.25) is 0 Å². The van der Waals surface area contributed by atoms with Crippen LogP contribution in [0.1, 0.15) is 11.3 Å². The molecule has 0 saturated heterocycles. The Labute approximate surface area is 133 Å². The summed E-state index contributed by atoms with van der Waals surface area (Å²) in [5, 5.41) is 8.98. The Balaban J connectivity index is 1.94. The third-order valence-electron chi connectivity index (χ3n) is 3.95. The van der Waals surface area contributed by atoms with Crippen LogP contribution in [0, 0.1) is 0 Å². The minimum atomic E-state index is 0.712. The quantitative estimate of drug-likeness (QED) is 0.790. The maximum absolute atomic E-state index is 6.37. The molecular formula is C17H15ClN4. The van der Waals surface area contributed by atoms with Gasteiger partial charge in [-0.05, 0) is 24.3 Å². The first-order valence-electron chi connectivity index (χ1n) is 7.31. The van der Waals surface area contributed by atoms with Crippen LogP contribution in [-0.2, 0) is 13.0 Å². The molecule has 110 valence electrons. The van der Waals surface area contributed by atoms with Crippen molar-refractivity contribution in [3.8, 4) is 16.9 Å². The zero-order valence-electron chi connectivity index (χ0n) is 12.0. The number of nitrogens with zero attached hydrogens (tertiary/aromatic N) is 3. The van der Waals surface area contributed by atoms with Crippen molar-refractivity contribution in [2.45, 2.75) is 13.0 Å². The van der Waals surface area contributed by atoms with E-state index in [0.29, 0.717) is 5.02 Å². The van der Waals surface area contributed by atoms with E-state index < -0.39 is 0 Å². The first kappa shape index (κ1) is 13.5. The average Bonchev–Trinajstić information content (AvgIpc) is 2.96. The fourth-order valence-corrected chi connectivity index (χ4v) is 3.12. The van der Waals surface area contributed by atoms with Crippen molar-refractivity contribution in [1.82, 2.24) is 20.1 Å². The number of rotatable bonds is 2. The van der Waals surface area contributed by atoms with E-state index in [1.54, 1.807) is 6.20 Å². The minimum Gasteiger partial charge on any atom is -0.312 e. The van der Waals surface area contributed by atoms with Crippen molar-refractivity contribution in [1.29, 1.82) is 0 Å². The van der Waals surface area contributed by atoms with Crippen LogP contribution >= 0.6 is 11.6 Å². The van der Waals surface area contributed by atoms with Gasteiger partial charge in [-0.15, -0.1) is 0 Å². The Morgan fingerprint density at radius 1 is 1.14 bits per heavy atom. The maximum atomic E-state index is 6.37. The summed E-state index contributed by atoms with van der Waals surface area (Å²) in [6, 6.07) is 11.8. The van der Waals surface area contributed by atoms with Crippen LogP contribution in [0.25, 0.3) is 16.9 Å². The van der Waals surface area contributed by atoms with Gasteiger partial charge in [-0.3, -0.25) is 4.98 Å². The summed E-state index contributed by atoms with van der Waals surface area (Å²) in [6.07, 6.45) is 4.57. The molecule has 0 radical (unpaired) electrons. The number of benzene rings is 1. The normalized spacial score (nSPS) is 13.9. The lowest BCUT2D eigenvalue weighted by atomic mass is 10.0. The van der Waals surface area contributed by atoms with Crippen LogP contribution in [-0.4, -0.2) is 21.3 Å². The molecule has 0 saturated carbocycles. The summed E-state index contributed by atoms with van der Waals surface area (Å²) in [7, 11) is 0. The Bertz CT molecular complexity index is 811. The lowest BCUT2D eigenvalue weighted by Crippen LogP contribution is -2.24. The third kappa shape index (κ3) is 2.21. The molecule has 5 heteroatoms. The molecule has 22 heavy (non-hydrogen) atoms. The molecule has 0 unspecified atom stereocenters. The van der Waals surface area contributed by atoms with E-state index in [1.165, 1.54) is 11.3 Å². The predicted octanol–water partition coefficient (Wildman–Crippen LogP) is 3.23. The number of aromatic nitrogens is 3. The van der Waals surface area contributed by atoms with E-state index in [-0.39, 0.29) is 0 Å². The molecule has 0 fully saturated rings. The summed E-state index contributed by atoms with van der Waals surface area (Å²) in [5.74, 6) is 0. The highest BCUT2D eigenvalue weighted by Crippen LogP contribution is 2.31. The van der Waals surface area contributed by atoms with E-state index in [1.807, 2.05) is 47.3 Å². The smallest absolute Gasteiger partial charge is 0.0990 e. The number of fused-ring (bicyclic) bond motifs is 1. The number of hydrogen-bond donors (Lipinski definition) is 1. The van der Waals surface area contributed by atoms with Crippen molar-refractivity contribution in [2.75, 3.05) is 6.54 Å². The molecule has 1 aliphatic rings. The van der Waals surface area contributed by atoms with Gasteiger partial charge in [0, 0.05) is 43.0 Å². The van der Waals surface area contributed by atoms with Crippen molar-refractivity contribution in [2.24, 2.45) is 0 Å². The van der Waals surface area contributed by atoms with Gasteiger partial charge in [0.1, 0.15) is 0 Å². The molecule has 1 aromatic carbocycles. The molecule has 4 rings (SSSR count). The summed E-state index contributed by atoms with van der Waals surface area (Å²) < 4.78 is 1.99. The van der Waals surface area contributed by atoms with Crippen LogP contribution < -0.4 is 5.32 Å². The summed E-state index contributed by atoms with van der Waals surface area (Å²) in [6.45, 7) is 1.78. The van der Waals surface area contributed by atoms with Crippen LogP contribution in [0.4, 0.5) is 0 Å². The number of para-hydroxylation sites is 1. The van der Waals surface area contributed by atoms with Gasteiger partial charge in [-0.2, -0.15) is 5.10 Å². The second kappa shape index (κ2) is 5.55. The van der Waals surface area contributed by atoms with Crippen molar-refractivity contribution in [3.05, 3.63) is 65.1 Å². The lowest BCUT2D eigenvalue weighted by molar-refractivity contribution is 0.623. The van der Waals surface area contributed by atoms with E-state index >= 15 is 0 Å². The number of pyridine rings is 1. The zero-order valence-corrected chi connectivity index (χ0v) is 12.7. The Morgan fingerprint density at radius 3 is 2.86 bits per heavy atom. The zero-order chi connectivity index (χ0) is 14.9. The molecule has 1 aliphatic heterocycles. The Kier molecular flexibility index (Phi) is 3.41. The molecule has 0 aliphatic carbocycles. The summed E-state index contributed by atoms with van der Waals surface area (Å²) in [5.41, 5.74) is 5.41. The highest BCUT2D eigenvalue weighted by Gasteiger charge is 2.23. The topological polar surface area (TPSA) is 42.7 Å². The van der Waals surface area contributed by atoms with Crippen molar-refractivity contribution in [3.63, 3.8) is 0 Å². The van der Waals surface area contributed by atoms with Crippen LogP contribution in [0.3, 0.4) is 0 Å². The fourth-order valence-electron chi connectivity index (χ4n) is 2.91. The van der Waals surface area contributed by atoms with Gasteiger partial charge in [-0.1, -0.05) is 23.7 Å². The highest BCUT2D eigenvalue weighted by atomic mass is 35.5. The summed E-state index contributed by atoms with van der Waals surface area (Å²) >= 11 is 6.37. The SMILES string of the molecule is Clc1ccccc1-n1nc(-c2cccnc2)c2c1CCNC2. The first-order chi connectivity index (χ1) is 10.8. The largest absolute Gasteiger partial charge is 0.312 e. The van der Waals surface area contributed by atoms with Gasteiger partial charge < -0.3 is 5.32 Å². The molecular weight excluding hydrogens is 296 g/mol. The van der Waals surface area contributed by atoms with Crippen LogP contribution in [0.2, 0.25) is 5.02 Å². The molecule has 0 atom stereocenters. The van der Waals surface area contributed by atoms with Crippen molar-refractivity contribution >= 4 is 11.6 Å². The molecule has 3 heterocycles. The number of halogens is 1. The van der Waals surface area contributed by atoms with E-state index in [0.717, 1.165) is 36.5 Å². The van der Waals surface area contributed by atoms with Crippen molar-refractivity contribution < 1.29 is 0 Å². The van der Waals surface area contributed by atoms with E-state index in [4.69, 9.17) is 16.7 Å². The van der Waals surface area contributed by atoms with Gasteiger partial charge in [0.05, 0.1) is 22.1 Å². The Hall–Kier alpha value is -2.17. The van der Waals surface area contributed by atoms with Gasteiger partial charge in [0.15, 0.2) is 0 Å². The van der Waals surface area contributed by atoms with Crippen LogP contribution in [0.5, 0.6) is 0 Å². The van der Waals surface area contributed by atoms with Gasteiger partial charge >= 0.3 is 0 Å². The molecule has 3 aromatic rings. The molecule has 1 N–H and O–H groups in total. The lowest BCUT2D eigenvalue weighted by Gasteiger charge is -2.16. The highest BCUT2D eigenvalue weighted by molar-refractivity contribution is 6.32. The molecule has 4 nitrogen and oxygen atoms in total. The summed E-state index contributed by atoms with van der Waals surface area (Å²) in [4.78, 5) is 4.21. The maximum Gasteiger partial charge on any atom is 0.0990 e. The number of nitrogens with one attached hydrogen (secondary N) is 1. The molecule has 0 amide bonds. The number of hydrogen-bond acceptors (Lipinski definition) is 3. The third-order valence-corrected chi connectivity index (χ3v) is 4.27. The standard InChI is InChI=1S/C17H15ClN4/c18-14-5-1-2-6-16(14)22-15-7-9-20-11-13(15)17(21-22)12-4-3-8-19-10-12/h1-6,8,10,20H,7,9,11H2. The Morgan fingerprint density at radius 2 is 2.05 bits per heavy atom. The average molecular weight is 311 g/mol. The minimum absolute atomic E-state index is 0.712.